The van der Waals surface area contributed by atoms with E-state index in [0.717, 1.165) is 17.1 Å². The van der Waals surface area contributed by atoms with Gasteiger partial charge in [0.15, 0.2) is 5.78 Å². The Balaban J connectivity index is 2.05. The van der Waals surface area contributed by atoms with Crippen LogP contribution in [-0.4, -0.2) is 39.3 Å². The number of hydrogen-bond acceptors (Lipinski definition) is 6. The van der Waals surface area contributed by atoms with Crippen LogP contribution in [0.3, 0.4) is 0 Å². The van der Waals surface area contributed by atoms with E-state index in [2.05, 4.69) is 23.9 Å². The van der Waals surface area contributed by atoms with Crippen LogP contribution in [0.15, 0.2) is 41.4 Å². The number of pyridine rings is 1. The van der Waals surface area contributed by atoms with Crippen molar-refractivity contribution in [3.05, 3.63) is 36.3 Å². The van der Waals surface area contributed by atoms with Crippen molar-refractivity contribution in [2.75, 3.05) is 11.6 Å². The highest BCUT2D eigenvalue weighted by Crippen LogP contribution is 2.30. The quantitative estimate of drug-likeness (QED) is 0.817. The molecular formula is C14H17N5O. The summed E-state index contributed by atoms with van der Waals surface area (Å²) in [5.41, 5.74) is 2.62. The molecule has 3 heterocycles. The Morgan fingerprint density at radius 2 is 1.95 bits per heavy atom. The first-order chi connectivity index (χ1) is 9.58. The van der Waals surface area contributed by atoms with Crippen molar-refractivity contribution in [2.45, 2.75) is 26.8 Å². The molecule has 2 aliphatic rings. The molecule has 104 valence electrons. The monoisotopic (exact) mass is 271 g/mol. The van der Waals surface area contributed by atoms with Gasteiger partial charge in [-0.25, -0.2) is 0 Å². The molecule has 3 rings (SSSR count). The van der Waals surface area contributed by atoms with Crippen molar-refractivity contribution in [3.63, 3.8) is 0 Å². The molecular weight excluding hydrogens is 254 g/mol. The molecule has 0 saturated heterocycles. The van der Waals surface area contributed by atoms with Crippen molar-refractivity contribution >= 4 is 17.2 Å². The second-order valence-corrected chi connectivity index (χ2v) is 5.15. The van der Waals surface area contributed by atoms with Crippen molar-refractivity contribution in [1.82, 2.24) is 15.2 Å². The molecule has 6 nitrogen and oxygen atoms in total. The molecule has 0 radical (unpaired) electrons. The van der Waals surface area contributed by atoms with E-state index in [4.69, 9.17) is 0 Å². The number of aromatic nitrogens is 1. The topological polar surface area (TPSA) is 52.0 Å². The van der Waals surface area contributed by atoms with Crippen LogP contribution in [-0.2, 0) is 4.79 Å². The van der Waals surface area contributed by atoms with Crippen molar-refractivity contribution < 1.29 is 4.79 Å². The highest BCUT2D eigenvalue weighted by atomic mass is 16.1. The number of rotatable bonds is 2. The number of nitrogens with zero attached hydrogens (tertiary/aromatic N) is 5. The Labute approximate surface area is 117 Å². The first-order valence-electron chi connectivity index (χ1n) is 6.65. The molecule has 0 spiro atoms. The van der Waals surface area contributed by atoms with Gasteiger partial charge in [0.05, 0.1) is 17.4 Å². The molecule has 0 amide bonds. The standard InChI is InChI=1S/C14H17N5O/c1-10(2)18-16-11(3)14-8-13(20)9-17(19(14)18)12-4-6-15-7-5-12/h4-8,10H,9H2,1-3H3. The molecule has 0 aliphatic carbocycles. The Bertz CT molecular complexity index is 593. The number of carbonyl (C=O) groups is 1. The lowest BCUT2D eigenvalue weighted by molar-refractivity contribution is -0.116. The van der Waals surface area contributed by atoms with E-state index >= 15 is 0 Å². The van der Waals surface area contributed by atoms with Gasteiger partial charge in [0.1, 0.15) is 12.2 Å². The number of anilines is 1. The van der Waals surface area contributed by atoms with Crippen molar-refractivity contribution in [3.8, 4) is 0 Å². The molecule has 0 bridgehead atoms. The zero-order valence-corrected chi connectivity index (χ0v) is 11.8. The number of hydrazine groups is 2. The minimum atomic E-state index is 0.0771. The summed E-state index contributed by atoms with van der Waals surface area (Å²) in [4.78, 5) is 16.0. The van der Waals surface area contributed by atoms with Gasteiger partial charge in [-0.1, -0.05) is 0 Å². The number of hydrazone groups is 1. The third-order valence-electron chi connectivity index (χ3n) is 3.29. The average molecular weight is 271 g/mol. The summed E-state index contributed by atoms with van der Waals surface area (Å²) in [5, 5.41) is 10.3. The van der Waals surface area contributed by atoms with E-state index in [1.165, 1.54) is 0 Å². The molecule has 1 aromatic heterocycles. The second-order valence-electron chi connectivity index (χ2n) is 5.15. The maximum Gasteiger partial charge on any atom is 0.179 e. The number of allylic oxidation sites excluding steroid dienone is 1. The highest BCUT2D eigenvalue weighted by Gasteiger charge is 2.37. The van der Waals surface area contributed by atoms with Gasteiger partial charge in [0.25, 0.3) is 0 Å². The fourth-order valence-electron chi connectivity index (χ4n) is 2.37. The molecule has 6 heteroatoms. The lowest BCUT2D eigenvalue weighted by atomic mass is 10.2. The smallest absolute Gasteiger partial charge is 0.179 e. The summed E-state index contributed by atoms with van der Waals surface area (Å²) in [6.07, 6.45) is 5.11. The third-order valence-corrected chi connectivity index (χ3v) is 3.29. The first kappa shape index (κ1) is 12.7. The Morgan fingerprint density at radius 3 is 2.60 bits per heavy atom. The highest BCUT2D eigenvalue weighted by molar-refractivity contribution is 6.07. The molecule has 0 N–H and O–H groups in total. The Morgan fingerprint density at radius 1 is 1.25 bits per heavy atom. The van der Waals surface area contributed by atoms with E-state index in [9.17, 15) is 4.79 Å². The summed E-state index contributed by atoms with van der Waals surface area (Å²) in [6.45, 7) is 6.37. The maximum absolute atomic E-state index is 12.0. The van der Waals surface area contributed by atoms with Crippen LogP contribution in [0.4, 0.5) is 5.69 Å². The van der Waals surface area contributed by atoms with Crippen LogP contribution >= 0.6 is 0 Å². The number of fused-ring (bicyclic) bond motifs is 1. The lowest BCUT2D eigenvalue weighted by Gasteiger charge is -2.42. The van der Waals surface area contributed by atoms with E-state index in [1.807, 2.05) is 34.3 Å². The predicted octanol–water partition coefficient (Wildman–Crippen LogP) is 1.59. The fourth-order valence-corrected chi connectivity index (χ4v) is 2.37. The normalized spacial score (nSPS) is 18.4. The number of carbonyl (C=O) groups excluding carboxylic acids is 1. The molecule has 0 atom stereocenters. The van der Waals surface area contributed by atoms with Crippen LogP contribution in [0.25, 0.3) is 0 Å². The minimum Gasteiger partial charge on any atom is -0.293 e. The zero-order chi connectivity index (χ0) is 14.3. The molecule has 0 fully saturated rings. The minimum absolute atomic E-state index is 0.0771. The fraction of sp³-hybridized carbons (Fsp3) is 0.357. The lowest BCUT2D eigenvalue weighted by Crippen LogP contribution is -2.54. The van der Waals surface area contributed by atoms with Gasteiger partial charge < -0.3 is 0 Å². The largest absolute Gasteiger partial charge is 0.293 e. The van der Waals surface area contributed by atoms with Crippen LogP contribution in [0, 0.1) is 0 Å². The summed E-state index contributed by atoms with van der Waals surface area (Å²) < 4.78 is 0. The first-order valence-corrected chi connectivity index (χ1v) is 6.65. The van der Waals surface area contributed by atoms with Gasteiger partial charge in [-0.3, -0.25) is 14.8 Å². The maximum atomic E-state index is 12.0. The van der Waals surface area contributed by atoms with E-state index in [1.54, 1.807) is 18.5 Å². The summed E-state index contributed by atoms with van der Waals surface area (Å²) in [5.74, 6) is 0.0771. The summed E-state index contributed by atoms with van der Waals surface area (Å²) >= 11 is 0. The van der Waals surface area contributed by atoms with E-state index in [0.29, 0.717) is 6.54 Å². The summed E-state index contributed by atoms with van der Waals surface area (Å²) in [7, 11) is 0. The van der Waals surface area contributed by atoms with Crippen LogP contribution < -0.4 is 5.01 Å². The average Bonchev–Trinajstić information content (AvgIpc) is 2.77. The van der Waals surface area contributed by atoms with Gasteiger partial charge in [-0.15, -0.1) is 0 Å². The Kier molecular flexibility index (Phi) is 2.93. The van der Waals surface area contributed by atoms with Crippen molar-refractivity contribution in [2.24, 2.45) is 5.10 Å². The molecule has 0 unspecified atom stereocenters. The van der Waals surface area contributed by atoms with Gasteiger partial charge >= 0.3 is 0 Å². The zero-order valence-electron chi connectivity index (χ0n) is 11.8. The molecule has 20 heavy (non-hydrogen) atoms. The summed E-state index contributed by atoms with van der Waals surface area (Å²) in [6, 6.07) is 3.98. The van der Waals surface area contributed by atoms with Crippen LogP contribution in [0.2, 0.25) is 0 Å². The van der Waals surface area contributed by atoms with E-state index < -0.39 is 0 Å². The SMILES string of the molecule is CC1=NN(C(C)C)N2C1=CC(=O)CN2c1ccncc1. The Hall–Kier alpha value is -2.37. The molecule has 0 saturated carbocycles. The van der Waals surface area contributed by atoms with E-state index in [-0.39, 0.29) is 11.8 Å². The van der Waals surface area contributed by atoms with Crippen LogP contribution in [0.5, 0.6) is 0 Å². The molecule has 0 aromatic carbocycles. The van der Waals surface area contributed by atoms with Crippen molar-refractivity contribution in [1.29, 1.82) is 0 Å². The van der Waals surface area contributed by atoms with Gasteiger partial charge in [0, 0.05) is 18.5 Å². The van der Waals surface area contributed by atoms with Crippen LogP contribution in [0.1, 0.15) is 20.8 Å². The number of hydrogen-bond donors (Lipinski definition) is 0. The van der Waals surface area contributed by atoms with Gasteiger partial charge in [0.2, 0.25) is 0 Å². The molecule has 1 aromatic rings. The molecule has 2 aliphatic heterocycles. The predicted molar refractivity (Wildman–Crippen MR) is 76.6 cm³/mol. The third kappa shape index (κ3) is 1.93. The second kappa shape index (κ2) is 4.63. The van der Waals surface area contributed by atoms with Gasteiger partial charge in [-0.2, -0.15) is 15.3 Å². The van der Waals surface area contributed by atoms with Gasteiger partial charge in [-0.05, 0) is 32.9 Å². The number of ketones is 1.